The monoisotopic (exact) mass is 361 g/mol. The number of carboxylic acid groups (broad SMARTS) is 2. The Kier molecular flexibility index (Phi) is 5.10. The van der Waals surface area contributed by atoms with Crippen molar-refractivity contribution in [3.05, 3.63) is 23.9 Å². The Labute approximate surface area is 137 Å². The minimum Gasteiger partial charge on any atom is -0.486 e. The van der Waals surface area contributed by atoms with Crippen molar-refractivity contribution in [3.63, 3.8) is 0 Å². The van der Waals surface area contributed by atoms with Crippen LogP contribution in [-0.4, -0.2) is 57.0 Å². The number of hydrogen-bond donors (Lipinski definition) is 3. The van der Waals surface area contributed by atoms with Gasteiger partial charge >= 0.3 is 18.1 Å². The van der Waals surface area contributed by atoms with Crippen LogP contribution in [0.15, 0.2) is 18.2 Å². The van der Waals surface area contributed by atoms with Crippen LogP contribution < -0.4 is 9.47 Å². The molecule has 0 unspecified atom stereocenters. The number of aromatic carboxylic acids is 1. The molecule has 1 aliphatic rings. The van der Waals surface area contributed by atoms with Crippen molar-refractivity contribution in [3.8, 4) is 22.8 Å². The Balaban J connectivity index is 0.000000277. The third kappa shape index (κ3) is 4.37. The quantitative estimate of drug-likeness (QED) is 0.734. The molecule has 0 saturated heterocycles. The van der Waals surface area contributed by atoms with E-state index in [1.54, 1.807) is 18.2 Å². The smallest absolute Gasteiger partial charge is 0.486 e. The Bertz CT molecular complexity index is 790. The summed E-state index contributed by atoms with van der Waals surface area (Å²) in [6.07, 6.45) is -5.08. The van der Waals surface area contributed by atoms with Gasteiger partial charge in [0.25, 0.3) is 0 Å². The van der Waals surface area contributed by atoms with Crippen molar-refractivity contribution in [2.75, 3.05) is 13.2 Å². The van der Waals surface area contributed by atoms with Gasteiger partial charge in [-0.15, -0.1) is 5.10 Å². The second-order valence-corrected chi connectivity index (χ2v) is 4.50. The Hall–Kier alpha value is -3.31. The maximum absolute atomic E-state index is 11.0. The number of nitrogens with one attached hydrogen (secondary N) is 1. The summed E-state index contributed by atoms with van der Waals surface area (Å²) in [6, 6.07) is 5.14. The Morgan fingerprint density at radius 3 is 2.28 bits per heavy atom. The van der Waals surface area contributed by atoms with Gasteiger partial charge in [-0.2, -0.15) is 13.2 Å². The Morgan fingerprint density at radius 1 is 1.12 bits per heavy atom. The molecule has 9 nitrogen and oxygen atoms in total. The van der Waals surface area contributed by atoms with Gasteiger partial charge in [0.15, 0.2) is 17.2 Å². The number of ether oxygens (including phenoxy) is 2. The molecule has 12 heteroatoms. The van der Waals surface area contributed by atoms with Crippen LogP contribution in [0, 0.1) is 0 Å². The van der Waals surface area contributed by atoms with Crippen LogP contribution in [0.3, 0.4) is 0 Å². The van der Waals surface area contributed by atoms with Crippen LogP contribution in [-0.2, 0) is 4.79 Å². The molecule has 134 valence electrons. The largest absolute Gasteiger partial charge is 0.490 e. The number of hydrogen-bond acceptors (Lipinski definition) is 6. The average molecular weight is 361 g/mol. The van der Waals surface area contributed by atoms with Crippen molar-refractivity contribution in [1.82, 2.24) is 15.4 Å². The maximum atomic E-state index is 11.0. The first kappa shape index (κ1) is 18.0. The van der Waals surface area contributed by atoms with Crippen LogP contribution in [0.2, 0.25) is 0 Å². The molecular formula is C13H10F3N3O6. The number of alkyl halides is 3. The van der Waals surface area contributed by atoms with E-state index < -0.39 is 18.1 Å². The lowest BCUT2D eigenvalue weighted by Crippen LogP contribution is -2.21. The minimum atomic E-state index is -5.08. The summed E-state index contributed by atoms with van der Waals surface area (Å²) < 4.78 is 42.6. The molecule has 0 spiro atoms. The van der Waals surface area contributed by atoms with Crippen LogP contribution in [0.4, 0.5) is 13.2 Å². The van der Waals surface area contributed by atoms with E-state index in [1.165, 1.54) is 0 Å². The highest BCUT2D eigenvalue weighted by atomic mass is 19.4. The summed E-state index contributed by atoms with van der Waals surface area (Å²) in [7, 11) is 0. The average Bonchev–Trinajstić information content (AvgIpc) is 3.04. The van der Waals surface area contributed by atoms with Gasteiger partial charge in [-0.05, 0) is 18.2 Å². The number of benzene rings is 1. The first-order chi connectivity index (χ1) is 11.7. The normalized spacial score (nSPS) is 12.8. The van der Waals surface area contributed by atoms with E-state index in [4.69, 9.17) is 24.5 Å². The minimum absolute atomic E-state index is 0.0494. The molecule has 0 saturated carbocycles. The number of aromatic nitrogens is 3. The third-order valence-corrected chi connectivity index (χ3v) is 2.82. The second kappa shape index (κ2) is 7.07. The summed E-state index contributed by atoms with van der Waals surface area (Å²) in [6.45, 7) is 0.984. The molecule has 0 aliphatic carbocycles. The number of carboxylic acids is 2. The summed E-state index contributed by atoms with van der Waals surface area (Å²) in [5.41, 5.74) is 0.844. The first-order valence-electron chi connectivity index (χ1n) is 6.54. The highest BCUT2D eigenvalue weighted by molar-refractivity contribution is 5.92. The summed E-state index contributed by atoms with van der Waals surface area (Å²) in [5.74, 6) is -2.64. The molecule has 2 heterocycles. The number of H-pyrrole nitrogens is 1. The van der Waals surface area contributed by atoms with Crippen molar-refractivity contribution in [1.29, 1.82) is 0 Å². The molecule has 1 aromatic heterocycles. The van der Waals surface area contributed by atoms with Crippen molar-refractivity contribution in [2.45, 2.75) is 6.18 Å². The number of halogens is 3. The predicted molar refractivity (Wildman–Crippen MR) is 73.5 cm³/mol. The fourth-order valence-electron chi connectivity index (χ4n) is 1.77. The number of rotatable bonds is 2. The number of nitrogens with zero attached hydrogens (tertiary/aromatic N) is 2. The third-order valence-electron chi connectivity index (χ3n) is 2.82. The van der Waals surface area contributed by atoms with E-state index >= 15 is 0 Å². The summed E-state index contributed by atoms with van der Waals surface area (Å²) >= 11 is 0. The van der Waals surface area contributed by atoms with Crippen LogP contribution in [0.1, 0.15) is 10.5 Å². The molecule has 3 N–H and O–H groups in total. The van der Waals surface area contributed by atoms with Gasteiger partial charge in [0.05, 0.1) is 0 Å². The summed E-state index contributed by atoms with van der Waals surface area (Å²) in [4.78, 5) is 19.9. The SMILES string of the molecule is O=C(O)C(F)(F)F.O=C(O)c1[nH]nnc1-c1ccc2c(c1)OCCO2. The molecule has 1 aromatic carbocycles. The molecule has 25 heavy (non-hydrogen) atoms. The molecule has 2 aromatic rings. The van der Waals surface area contributed by atoms with Gasteiger partial charge in [0.1, 0.15) is 18.9 Å². The predicted octanol–water partition coefficient (Wildman–Crippen LogP) is 1.57. The van der Waals surface area contributed by atoms with Crippen LogP contribution in [0.5, 0.6) is 11.5 Å². The standard InChI is InChI=1S/C11H9N3O4.C2HF3O2/c15-11(16)10-9(12-14-13-10)6-1-2-7-8(5-6)18-4-3-17-7;3-2(4,5)1(6)7/h1-2,5H,3-4H2,(H,15,16)(H,12,13,14);(H,6,7). The molecular weight excluding hydrogens is 351 g/mol. The topological polar surface area (TPSA) is 135 Å². The second-order valence-electron chi connectivity index (χ2n) is 4.50. The molecule has 0 amide bonds. The highest BCUT2D eigenvalue weighted by Gasteiger charge is 2.38. The fraction of sp³-hybridized carbons (Fsp3) is 0.231. The van der Waals surface area contributed by atoms with E-state index in [-0.39, 0.29) is 11.4 Å². The van der Waals surface area contributed by atoms with Gasteiger partial charge in [0, 0.05) is 5.56 Å². The molecule has 3 rings (SSSR count). The number of fused-ring (bicyclic) bond motifs is 1. The van der Waals surface area contributed by atoms with Gasteiger partial charge in [0.2, 0.25) is 0 Å². The van der Waals surface area contributed by atoms with Crippen molar-refractivity contribution >= 4 is 11.9 Å². The number of aliphatic carboxylic acids is 1. The first-order valence-corrected chi connectivity index (χ1v) is 6.54. The number of carbonyl (C=O) groups is 2. The van der Waals surface area contributed by atoms with E-state index in [9.17, 15) is 18.0 Å². The van der Waals surface area contributed by atoms with Crippen LogP contribution >= 0.6 is 0 Å². The summed E-state index contributed by atoms with van der Waals surface area (Å²) in [5, 5.41) is 25.7. The van der Waals surface area contributed by atoms with Crippen LogP contribution in [0.25, 0.3) is 11.3 Å². The zero-order valence-electron chi connectivity index (χ0n) is 12.2. The van der Waals surface area contributed by atoms with E-state index in [2.05, 4.69) is 15.4 Å². The van der Waals surface area contributed by atoms with Crippen molar-refractivity contribution in [2.24, 2.45) is 0 Å². The van der Waals surface area contributed by atoms with Crippen molar-refractivity contribution < 1.29 is 42.4 Å². The van der Waals surface area contributed by atoms with Gasteiger partial charge < -0.3 is 19.7 Å². The Morgan fingerprint density at radius 2 is 1.72 bits per heavy atom. The number of aromatic amines is 1. The van der Waals surface area contributed by atoms with E-state index in [0.717, 1.165) is 0 Å². The molecule has 0 radical (unpaired) electrons. The van der Waals surface area contributed by atoms with Gasteiger partial charge in [-0.1, -0.05) is 5.21 Å². The molecule has 0 bridgehead atoms. The lowest BCUT2D eigenvalue weighted by Gasteiger charge is -2.18. The fourth-order valence-corrected chi connectivity index (χ4v) is 1.77. The van der Waals surface area contributed by atoms with E-state index in [1.807, 2.05) is 0 Å². The zero-order valence-corrected chi connectivity index (χ0v) is 12.2. The maximum Gasteiger partial charge on any atom is 0.490 e. The lowest BCUT2D eigenvalue weighted by atomic mass is 10.1. The highest BCUT2D eigenvalue weighted by Crippen LogP contribution is 2.34. The molecule has 0 atom stereocenters. The molecule has 0 fully saturated rings. The molecule has 1 aliphatic heterocycles. The lowest BCUT2D eigenvalue weighted by molar-refractivity contribution is -0.192. The van der Waals surface area contributed by atoms with E-state index in [0.29, 0.717) is 30.3 Å². The zero-order chi connectivity index (χ0) is 18.6. The van der Waals surface area contributed by atoms with Gasteiger partial charge in [-0.25, -0.2) is 9.59 Å². The van der Waals surface area contributed by atoms with Gasteiger partial charge in [-0.3, -0.25) is 5.10 Å².